The van der Waals surface area contributed by atoms with Crippen molar-refractivity contribution in [1.29, 1.82) is 0 Å². The van der Waals surface area contributed by atoms with Gasteiger partial charge in [-0.25, -0.2) is 4.98 Å². The van der Waals surface area contributed by atoms with E-state index in [1.54, 1.807) is 35.4 Å². The Hall–Kier alpha value is -3.03. The van der Waals surface area contributed by atoms with Crippen LogP contribution in [0.3, 0.4) is 0 Å². The van der Waals surface area contributed by atoms with E-state index < -0.39 is 0 Å². The number of aromatic nitrogens is 6. The number of hydrogen-bond donors (Lipinski definition) is 0. The maximum atomic E-state index is 12.8. The Bertz CT molecular complexity index is 854. The quantitative estimate of drug-likeness (QED) is 0.720. The highest BCUT2D eigenvalue weighted by Gasteiger charge is 2.30. The maximum absolute atomic E-state index is 12.8. The van der Waals surface area contributed by atoms with Gasteiger partial charge < -0.3 is 4.90 Å². The van der Waals surface area contributed by atoms with Gasteiger partial charge in [-0.05, 0) is 37.5 Å². The number of likely N-dealkylation sites (tertiary alicyclic amines) is 1. The Labute approximate surface area is 145 Å². The minimum Gasteiger partial charge on any atom is -0.332 e. The summed E-state index contributed by atoms with van der Waals surface area (Å²) in [6, 6.07) is 3.64. The molecule has 0 aromatic carbocycles. The third-order valence-corrected chi connectivity index (χ3v) is 4.44. The molecule has 4 rings (SSSR count). The van der Waals surface area contributed by atoms with Crippen molar-refractivity contribution < 1.29 is 4.79 Å². The Morgan fingerprint density at radius 3 is 2.92 bits per heavy atom. The van der Waals surface area contributed by atoms with Gasteiger partial charge in [0.15, 0.2) is 11.5 Å². The van der Waals surface area contributed by atoms with Gasteiger partial charge in [-0.2, -0.15) is 5.10 Å². The minimum absolute atomic E-state index is 0.0731. The highest BCUT2D eigenvalue weighted by atomic mass is 16.2. The summed E-state index contributed by atoms with van der Waals surface area (Å²) in [7, 11) is 0. The van der Waals surface area contributed by atoms with Crippen LogP contribution in [0.4, 0.5) is 0 Å². The summed E-state index contributed by atoms with van der Waals surface area (Å²) in [5, 5.41) is 12.6. The molecule has 0 bridgehead atoms. The SMILES string of the molecule is Cc1cnn(C[C@@H]2CCCN2C(=O)c2ccc(-n3ccnc3)nn2)c1. The van der Waals surface area contributed by atoms with Crippen molar-refractivity contribution in [3.05, 3.63) is 54.5 Å². The van der Waals surface area contributed by atoms with Crippen molar-refractivity contribution in [3.8, 4) is 5.82 Å². The van der Waals surface area contributed by atoms with Gasteiger partial charge in [0.25, 0.3) is 5.91 Å². The van der Waals surface area contributed by atoms with E-state index in [1.807, 2.05) is 28.9 Å². The number of rotatable bonds is 4. The van der Waals surface area contributed by atoms with E-state index in [9.17, 15) is 4.79 Å². The number of carbonyl (C=O) groups excluding carboxylic acids is 1. The molecule has 0 aliphatic carbocycles. The van der Waals surface area contributed by atoms with Crippen molar-refractivity contribution in [2.75, 3.05) is 6.54 Å². The van der Waals surface area contributed by atoms with Gasteiger partial charge in [-0.15, -0.1) is 10.2 Å². The van der Waals surface area contributed by atoms with Crippen LogP contribution in [0.2, 0.25) is 0 Å². The molecule has 1 aliphatic rings. The molecule has 0 saturated carbocycles. The lowest BCUT2D eigenvalue weighted by Crippen LogP contribution is -2.38. The zero-order chi connectivity index (χ0) is 17.2. The molecule has 0 spiro atoms. The first kappa shape index (κ1) is 15.5. The second-order valence-corrected chi connectivity index (χ2v) is 6.28. The van der Waals surface area contributed by atoms with E-state index in [1.165, 1.54) is 0 Å². The summed E-state index contributed by atoms with van der Waals surface area (Å²) < 4.78 is 3.65. The van der Waals surface area contributed by atoms with E-state index in [-0.39, 0.29) is 11.9 Å². The molecule has 3 aromatic rings. The van der Waals surface area contributed by atoms with Crippen LogP contribution in [0.25, 0.3) is 5.82 Å². The van der Waals surface area contributed by atoms with Crippen molar-refractivity contribution in [2.45, 2.75) is 32.4 Å². The number of aryl methyl sites for hydroxylation is 1. The summed E-state index contributed by atoms with van der Waals surface area (Å²) >= 11 is 0. The number of hydrogen-bond acceptors (Lipinski definition) is 5. The lowest BCUT2D eigenvalue weighted by atomic mass is 10.2. The molecule has 1 atom stereocenters. The van der Waals surface area contributed by atoms with Gasteiger partial charge in [0.1, 0.15) is 6.33 Å². The lowest BCUT2D eigenvalue weighted by Gasteiger charge is -2.24. The van der Waals surface area contributed by atoms with Crippen molar-refractivity contribution in [3.63, 3.8) is 0 Å². The monoisotopic (exact) mass is 337 g/mol. The number of amides is 1. The highest BCUT2D eigenvalue weighted by molar-refractivity contribution is 5.92. The maximum Gasteiger partial charge on any atom is 0.274 e. The fourth-order valence-corrected chi connectivity index (χ4v) is 3.19. The van der Waals surface area contributed by atoms with Crippen LogP contribution in [-0.4, -0.2) is 52.9 Å². The molecular weight excluding hydrogens is 318 g/mol. The molecule has 0 unspecified atom stereocenters. The van der Waals surface area contributed by atoms with Crippen LogP contribution in [0.5, 0.6) is 0 Å². The molecule has 0 N–H and O–H groups in total. The van der Waals surface area contributed by atoms with Crippen LogP contribution in [0, 0.1) is 6.92 Å². The number of nitrogens with zero attached hydrogens (tertiary/aromatic N) is 7. The topological polar surface area (TPSA) is 81.7 Å². The molecule has 1 saturated heterocycles. The van der Waals surface area contributed by atoms with E-state index in [2.05, 4.69) is 20.3 Å². The summed E-state index contributed by atoms with van der Waals surface area (Å²) in [6.45, 7) is 3.47. The predicted molar refractivity (Wildman–Crippen MR) is 90.2 cm³/mol. The highest BCUT2D eigenvalue weighted by Crippen LogP contribution is 2.21. The molecule has 0 radical (unpaired) electrons. The van der Waals surface area contributed by atoms with Gasteiger partial charge in [0.2, 0.25) is 0 Å². The van der Waals surface area contributed by atoms with E-state index in [4.69, 9.17) is 0 Å². The Morgan fingerprint density at radius 1 is 1.32 bits per heavy atom. The smallest absolute Gasteiger partial charge is 0.274 e. The molecule has 128 valence electrons. The van der Waals surface area contributed by atoms with Crippen LogP contribution >= 0.6 is 0 Å². The van der Waals surface area contributed by atoms with Crippen LogP contribution in [0.15, 0.2) is 43.2 Å². The second-order valence-electron chi connectivity index (χ2n) is 6.28. The van der Waals surface area contributed by atoms with E-state index in [0.29, 0.717) is 18.1 Å². The second kappa shape index (κ2) is 6.46. The van der Waals surface area contributed by atoms with Gasteiger partial charge in [-0.1, -0.05) is 0 Å². The molecule has 25 heavy (non-hydrogen) atoms. The Morgan fingerprint density at radius 2 is 2.24 bits per heavy atom. The summed E-state index contributed by atoms with van der Waals surface area (Å²) in [5.41, 5.74) is 1.49. The van der Waals surface area contributed by atoms with E-state index in [0.717, 1.165) is 24.9 Å². The molecular formula is C17H19N7O. The van der Waals surface area contributed by atoms with Crippen molar-refractivity contribution >= 4 is 5.91 Å². The average Bonchev–Trinajstić information content (AvgIpc) is 3.37. The first-order valence-electron chi connectivity index (χ1n) is 8.33. The molecule has 3 aromatic heterocycles. The largest absolute Gasteiger partial charge is 0.332 e. The average molecular weight is 337 g/mol. The third-order valence-electron chi connectivity index (χ3n) is 4.44. The van der Waals surface area contributed by atoms with Crippen molar-refractivity contribution in [2.24, 2.45) is 0 Å². The zero-order valence-electron chi connectivity index (χ0n) is 14.0. The van der Waals surface area contributed by atoms with Crippen LogP contribution < -0.4 is 0 Å². The lowest BCUT2D eigenvalue weighted by molar-refractivity contribution is 0.0714. The number of carbonyl (C=O) groups is 1. The van der Waals surface area contributed by atoms with E-state index >= 15 is 0 Å². The normalized spacial score (nSPS) is 17.2. The zero-order valence-corrected chi connectivity index (χ0v) is 14.0. The fraction of sp³-hybridized carbons (Fsp3) is 0.353. The predicted octanol–water partition coefficient (Wildman–Crippen LogP) is 1.47. The van der Waals surface area contributed by atoms with Crippen LogP contribution in [0.1, 0.15) is 28.9 Å². The Balaban J connectivity index is 1.49. The number of imidazole rings is 1. The van der Waals surface area contributed by atoms with Gasteiger partial charge >= 0.3 is 0 Å². The Kier molecular flexibility index (Phi) is 4.01. The summed E-state index contributed by atoms with van der Waals surface area (Å²) in [5.74, 6) is 0.565. The molecule has 8 heteroatoms. The third kappa shape index (κ3) is 3.15. The first-order chi connectivity index (χ1) is 12.2. The molecule has 1 fully saturated rings. The standard InChI is InChI=1S/C17H19N7O/c1-13-9-19-23(10-13)11-14-3-2-7-24(14)17(25)15-4-5-16(21-20-15)22-8-6-18-12-22/h4-6,8-10,12,14H,2-3,7,11H2,1H3/t14-/m0/s1. The molecule has 1 aliphatic heterocycles. The van der Waals surface area contributed by atoms with Crippen LogP contribution in [-0.2, 0) is 6.54 Å². The fourth-order valence-electron chi connectivity index (χ4n) is 3.19. The molecule has 4 heterocycles. The first-order valence-corrected chi connectivity index (χ1v) is 8.33. The molecule has 8 nitrogen and oxygen atoms in total. The van der Waals surface area contributed by atoms with Gasteiger partial charge in [0.05, 0.1) is 18.8 Å². The van der Waals surface area contributed by atoms with Gasteiger partial charge in [0, 0.05) is 25.1 Å². The summed E-state index contributed by atoms with van der Waals surface area (Å²) in [6.07, 6.45) is 10.9. The minimum atomic E-state index is -0.0731. The van der Waals surface area contributed by atoms with Gasteiger partial charge in [-0.3, -0.25) is 14.0 Å². The summed E-state index contributed by atoms with van der Waals surface area (Å²) in [4.78, 5) is 18.7. The van der Waals surface area contributed by atoms with Crippen molar-refractivity contribution in [1.82, 2.24) is 34.4 Å². The molecule has 1 amide bonds.